The number of hydrogen-bond acceptors (Lipinski definition) is 4. The summed E-state index contributed by atoms with van der Waals surface area (Å²) in [6.45, 7) is 2.04. The van der Waals surface area contributed by atoms with Gasteiger partial charge in [0, 0.05) is 24.2 Å². The Balaban J connectivity index is 1.64. The van der Waals surface area contributed by atoms with Gasteiger partial charge in [0.05, 0.1) is 10.6 Å². The standard InChI is InChI=1S/C22H19ClN2O4S/c1-15(26)25-12-11-16-13-19(8-9-21(16)25)30(27,28)24-20-14-17(23)7-10-22(20)29-18-5-3-2-4-6-18/h2-10,13-14,24H,11-12H2,1H3. The molecule has 0 aliphatic carbocycles. The van der Waals surface area contributed by atoms with E-state index in [1.54, 1.807) is 41.3 Å². The van der Waals surface area contributed by atoms with Crippen LogP contribution in [0, 0.1) is 0 Å². The molecule has 0 unspecified atom stereocenters. The summed E-state index contributed by atoms with van der Waals surface area (Å²) in [6.07, 6.45) is 0.609. The average molecular weight is 443 g/mol. The number of halogens is 1. The minimum atomic E-state index is -3.90. The number of benzene rings is 3. The van der Waals surface area contributed by atoms with Crippen molar-refractivity contribution in [2.75, 3.05) is 16.2 Å². The smallest absolute Gasteiger partial charge is 0.262 e. The molecule has 0 saturated heterocycles. The fourth-order valence-electron chi connectivity index (χ4n) is 3.36. The maximum atomic E-state index is 13.0. The molecular formula is C22H19ClN2O4S. The topological polar surface area (TPSA) is 75.7 Å². The number of nitrogens with zero attached hydrogens (tertiary/aromatic N) is 1. The van der Waals surface area contributed by atoms with Gasteiger partial charge in [-0.05, 0) is 60.5 Å². The first-order chi connectivity index (χ1) is 14.3. The van der Waals surface area contributed by atoms with E-state index in [4.69, 9.17) is 16.3 Å². The predicted octanol–water partition coefficient (Wildman–Crippen LogP) is 4.84. The van der Waals surface area contributed by atoms with Gasteiger partial charge in [-0.25, -0.2) is 8.42 Å². The van der Waals surface area contributed by atoms with Gasteiger partial charge in [-0.3, -0.25) is 9.52 Å². The van der Waals surface area contributed by atoms with Crippen molar-refractivity contribution in [3.63, 3.8) is 0 Å². The molecule has 0 radical (unpaired) electrons. The van der Waals surface area contributed by atoms with Gasteiger partial charge in [-0.2, -0.15) is 0 Å². The van der Waals surface area contributed by atoms with Crippen molar-refractivity contribution in [3.05, 3.63) is 77.3 Å². The zero-order chi connectivity index (χ0) is 21.3. The number of ether oxygens (including phenoxy) is 1. The van der Waals surface area contributed by atoms with Crippen molar-refractivity contribution in [1.82, 2.24) is 0 Å². The molecule has 154 valence electrons. The number of carbonyl (C=O) groups excluding carboxylic acids is 1. The fraction of sp³-hybridized carbons (Fsp3) is 0.136. The first-order valence-corrected chi connectivity index (χ1v) is 11.2. The second kappa shape index (κ2) is 8.01. The Bertz CT molecular complexity index is 1210. The summed E-state index contributed by atoms with van der Waals surface area (Å²) in [5, 5.41) is 0.374. The van der Waals surface area contributed by atoms with E-state index in [0.29, 0.717) is 29.5 Å². The van der Waals surface area contributed by atoms with Crippen LogP contribution in [-0.2, 0) is 21.2 Å². The van der Waals surface area contributed by atoms with E-state index < -0.39 is 10.0 Å². The minimum Gasteiger partial charge on any atom is -0.455 e. The first-order valence-electron chi connectivity index (χ1n) is 9.30. The molecule has 0 fully saturated rings. The van der Waals surface area contributed by atoms with E-state index in [2.05, 4.69) is 4.72 Å². The van der Waals surface area contributed by atoms with Crippen LogP contribution in [0.4, 0.5) is 11.4 Å². The molecule has 1 N–H and O–H groups in total. The first kappa shape index (κ1) is 20.3. The van der Waals surface area contributed by atoms with Crippen molar-refractivity contribution in [2.45, 2.75) is 18.2 Å². The van der Waals surface area contributed by atoms with Crippen molar-refractivity contribution < 1.29 is 17.9 Å². The third-order valence-electron chi connectivity index (χ3n) is 4.79. The maximum Gasteiger partial charge on any atom is 0.262 e. The van der Waals surface area contributed by atoms with Crippen LogP contribution in [0.5, 0.6) is 11.5 Å². The minimum absolute atomic E-state index is 0.0656. The molecule has 8 heteroatoms. The molecule has 0 spiro atoms. The Morgan fingerprint density at radius 1 is 1.07 bits per heavy atom. The summed E-state index contributed by atoms with van der Waals surface area (Å²) in [4.78, 5) is 13.5. The summed E-state index contributed by atoms with van der Waals surface area (Å²) in [7, 11) is -3.90. The summed E-state index contributed by atoms with van der Waals surface area (Å²) in [5.74, 6) is 0.837. The van der Waals surface area contributed by atoms with Crippen LogP contribution in [0.3, 0.4) is 0 Å². The van der Waals surface area contributed by atoms with Crippen LogP contribution >= 0.6 is 11.6 Å². The lowest BCUT2D eigenvalue weighted by Gasteiger charge is -2.16. The van der Waals surface area contributed by atoms with Crippen molar-refractivity contribution in [3.8, 4) is 11.5 Å². The van der Waals surface area contributed by atoms with Gasteiger partial charge in [0.1, 0.15) is 5.75 Å². The van der Waals surface area contributed by atoms with E-state index >= 15 is 0 Å². The molecule has 1 heterocycles. The Kier molecular flexibility index (Phi) is 5.40. The zero-order valence-electron chi connectivity index (χ0n) is 16.1. The molecular weight excluding hydrogens is 424 g/mol. The highest BCUT2D eigenvalue weighted by Crippen LogP contribution is 2.35. The number of carbonyl (C=O) groups is 1. The summed E-state index contributed by atoms with van der Waals surface area (Å²) < 4.78 is 34.5. The molecule has 3 aromatic carbocycles. The van der Waals surface area contributed by atoms with Gasteiger partial charge in [0.25, 0.3) is 10.0 Å². The van der Waals surface area contributed by atoms with Crippen molar-refractivity contribution in [1.29, 1.82) is 0 Å². The van der Waals surface area contributed by atoms with Crippen molar-refractivity contribution >= 4 is 38.9 Å². The van der Waals surface area contributed by atoms with E-state index in [0.717, 1.165) is 11.3 Å². The zero-order valence-corrected chi connectivity index (χ0v) is 17.7. The van der Waals surface area contributed by atoms with Crippen molar-refractivity contribution in [2.24, 2.45) is 0 Å². The molecule has 6 nitrogen and oxygen atoms in total. The van der Waals surface area contributed by atoms with E-state index in [1.165, 1.54) is 19.1 Å². The molecule has 4 rings (SSSR count). The van der Waals surface area contributed by atoms with Crippen LogP contribution in [0.25, 0.3) is 0 Å². The second-order valence-electron chi connectivity index (χ2n) is 6.87. The molecule has 0 bridgehead atoms. The van der Waals surface area contributed by atoms with Crippen LogP contribution in [0.1, 0.15) is 12.5 Å². The van der Waals surface area contributed by atoms with Crippen LogP contribution < -0.4 is 14.4 Å². The lowest BCUT2D eigenvalue weighted by molar-refractivity contribution is -0.116. The van der Waals surface area contributed by atoms with Gasteiger partial charge in [-0.1, -0.05) is 29.8 Å². The van der Waals surface area contributed by atoms with Crippen LogP contribution in [0.15, 0.2) is 71.6 Å². The van der Waals surface area contributed by atoms with E-state index in [9.17, 15) is 13.2 Å². The summed E-state index contributed by atoms with van der Waals surface area (Å²) >= 11 is 6.09. The number of sulfonamides is 1. The number of amides is 1. The van der Waals surface area contributed by atoms with Crippen LogP contribution in [0.2, 0.25) is 5.02 Å². The number of hydrogen-bond donors (Lipinski definition) is 1. The second-order valence-corrected chi connectivity index (χ2v) is 8.99. The predicted molar refractivity (Wildman–Crippen MR) is 117 cm³/mol. The van der Waals surface area contributed by atoms with Gasteiger partial charge < -0.3 is 9.64 Å². The fourth-order valence-corrected chi connectivity index (χ4v) is 4.65. The van der Waals surface area contributed by atoms with Gasteiger partial charge in [0.2, 0.25) is 5.91 Å². The lowest BCUT2D eigenvalue weighted by Crippen LogP contribution is -2.25. The third kappa shape index (κ3) is 4.13. The Morgan fingerprint density at radius 2 is 1.83 bits per heavy atom. The summed E-state index contributed by atoms with van der Waals surface area (Å²) in [6, 6.07) is 18.5. The molecule has 1 aliphatic heterocycles. The quantitative estimate of drug-likeness (QED) is 0.613. The maximum absolute atomic E-state index is 13.0. The Labute approximate surface area is 180 Å². The highest BCUT2D eigenvalue weighted by Gasteiger charge is 2.25. The molecule has 1 amide bonds. The average Bonchev–Trinajstić information content (AvgIpc) is 3.14. The largest absolute Gasteiger partial charge is 0.455 e. The van der Waals surface area contributed by atoms with E-state index in [1.807, 2.05) is 18.2 Å². The lowest BCUT2D eigenvalue weighted by atomic mass is 10.2. The number of nitrogens with one attached hydrogen (secondary N) is 1. The Hall–Kier alpha value is -3.03. The normalized spacial score (nSPS) is 13.1. The monoisotopic (exact) mass is 442 g/mol. The highest BCUT2D eigenvalue weighted by atomic mass is 35.5. The van der Waals surface area contributed by atoms with Gasteiger partial charge >= 0.3 is 0 Å². The summed E-state index contributed by atoms with van der Waals surface area (Å²) in [5.41, 5.74) is 1.80. The van der Waals surface area contributed by atoms with Gasteiger partial charge in [-0.15, -0.1) is 0 Å². The molecule has 0 atom stereocenters. The number of anilines is 2. The SMILES string of the molecule is CC(=O)N1CCc2cc(S(=O)(=O)Nc3cc(Cl)ccc3Oc3ccccc3)ccc21. The number of para-hydroxylation sites is 1. The van der Waals surface area contributed by atoms with Gasteiger partial charge in [0.15, 0.2) is 5.75 Å². The number of rotatable bonds is 5. The Morgan fingerprint density at radius 3 is 2.57 bits per heavy atom. The molecule has 1 aliphatic rings. The number of fused-ring (bicyclic) bond motifs is 1. The molecule has 0 aromatic heterocycles. The molecule has 0 saturated carbocycles. The molecule has 3 aromatic rings. The molecule has 30 heavy (non-hydrogen) atoms. The van der Waals surface area contributed by atoms with E-state index in [-0.39, 0.29) is 16.5 Å². The third-order valence-corrected chi connectivity index (χ3v) is 6.39. The highest BCUT2D eigenvalue weighted by molar-refractivity contribution is 7.92. The van der Waals surface area contributed by atoms with Crippen LogP contribution in [-0.4, -0.2) is 20.9 Å².